The van der Waals surface area contributed by atoms with Gasteiger partial charge in [0.2, 0.25) is 0 Å². The van der Waals surface area contributed by atoms with Crippen LogP contribution in [0.1, 0.15) is 52.0 Å². The van der Waals surface area contributed by atoms with E-state index in [9.17, 15) is 0 Å². The van der Waals surface area contributed by atoms with Crippen molar-refractivity contribution in [2.75, 3.05) is 33.2 Å². The van der Waals surface area contributed by atoms with Gasteiger partial charge in [-0.25, -0.2) is 0 Å². The molecule has 21 heavy (non-hydrogen) atoms. The van der Waals surface area contributed by atoms with Crippen LogP contribution < -0.4 is 5.32 Å². The molecule has 0 fully saturated rings. The maximum atomic E-state index is 3.62. The van der Waals surface area contributed by atoms with Crippen LogP contribution >= 0.6 is 0 Å². The molecule has 0 spiro atoms. The Morgan fingerprint density at radius 2 is 1.76 bits per heavy atom. The van der Waals surface area contributed by atoms with Crippen LogP contribution in [0.4, 0.5) is 0 Å². The zero-order valence-corrected chi connectivity index (χ0v) is 14.5. The molecule has 0 aliphatic rings. The summed E-state index contributed by atoms with van der Waals surface area (Å²) in [6.07, 6.45) is 5.12. The van der Waals surface area contributed by atoms with E-state index in [1.54, 1.807) is 0 Å². The molecule has 2 nitrogen and oxygen atoms in total. The topological polar surface area (TPSA) is 15.3 Å². The lowest BCUT2D eigenvalue weighted by Crippen LogP contribution is -2.44. The van der Waals surface area contributed by atoms with Gasteiger partial charge in [0.25, 0.3) is 0 Å². The number of hydrogen-bond donors (Lipinski definition) is 1. The van der Waals surface area contributed by atoms with Gasteiger partial charge in [0, 0.05) is 18.5 Å². The summed E-state index contributed by atoms with van der Waals surface area (Å²) in [6, 6.07) is 11.0. The predicted molar refractivity (Wildman–Crippen MR) is 94.0 cm³/mol. The maximum absolute atomic E-state index is 3.62. The zero-order chi connectivity index (χ0) is 15.6. The lowest BCUT2D eigenvalue weighted by atomic mass is 9.81. The Labute approximate surface area is 131 Å². The Kier molecular flexibility index (Phi) is 8.63. The summed E-state index contributed by atoms with van der Waals surface area (Å²) >= 11 is 0. The third-order valence-corrected chi connectivity index (χ3v) is 4.17. The molecule has 1 aromatic rings. The molecule has 0 heterocycles. The highest BCUT2D eigenvalue weighted by Gasteiger charge is 2.27. The van der Waals surface area contributed by atoms with Crippen LogP contribution in [0.25, 0.3) is 0 Å². The number of hydrogen-bond acceptors (Lipinski definition) is 2. The molecule has 1 aromatic carbocycles. The average Bonchev–Trinajstić information content (AvgIpc) is 2.48. The summed E-state index contributed by atoms with van der Waals surface area (Å²) < 4.78 is 0. The van der Waals surface area contributed by atoms with Crippen LogP contribution in [-0.2, 0) is 5.41 Å². The number of nitrogens with one attached hydrogen (secondary N) is 1. The third kappa shape index (κ3) is 6.62. The second-order valence-electron chi connectivity index (χ2n) is 6.55. The van der Waals surface area contributed by atoms with Crippen molar-refractivity contribution in [3.05, 3.63) is 35.9 Å². The molecule has 1 atom stereocenters. The Morgan fingerprint density at radius 3 is 2.38 bits per heavy atom. The summed E-state index contributed by atoms with van der Waals surface area (Å²) in [7, 11) is 2.26. The van der Waals surface area contributed by atoms with Crippen LogP contribution in [0.5, 0.6) is 0 Å². The highest BCUT2D eigenvalue weighted by atomic mass is 15.1. The van der Waals surface area contributed by atoms with E-state index >= 15 is 0 Å². The molecule has 1 N–H and O–H groups in total. The Bertz CT molecular complexity index is 363. The van der Waals surface area contributed by atoms with Crippen molar-refractivity contribution in [3.8, 4) is 0 Å². The fourth-order valence-electron chi connectivity index (χ4n) is 2.94. The van der Waals surface area contributed by atoms with Crippen molar-refractivity contribution < 1.29 is 0 Å². The van der Waals surface area contributed by atoms with E-state index in [0.29, 0.717) is 0 Å². The van der Waals surface area contributed by atoms with E-state index in [4.69, 9.17) is 0 Å². The second kappa shape index (κ2) is 9.97. The molecule has 0 aliphatic carbocycles. The first kappa shape index (κ1) is 18.2. The SMILES string of the molecule is CCCCCN(C)CC(C)(CNCCC)c1ccccc1. The van der Waals surface area contributed by atoms with Crippen molar-refractivity contribution in [3.63, 3.8) is 0 Å². The van der Waals surface area contributed by atoms with E-state index < -0.39 is 0 Å². The predicted octanol–water partition coefficient (Wildman–Crippen LogP) is 4.07. The number of likely N-dealkylation sites (N-methyl/N-ethyl adjacent to an activating group) is 1. The molecule has 0 aromatic heterocycles. The fourth-order valence-corrected chi connectivity index (χ4v) is 2.94. The Balaban J connectivity index is 2.67. The van der Waals surface area contributed by atoms with Crippen LogP contribution in [-0.4, -0.2) is 38.1 Å². The van der Waals surface area contributed by atoms with Crippen LogP contribution in [0.15, 0.2) is 30.3 Å². The number of nitrogens with zero attached hydrogens (tertiary/aromatic N) is 1. The molecule has 0 aliphatic heterocycles. The minimum absolute atomic E-state index is 0.178. The van der Waals surface area contributed by atoms with Crippen molar-refractivity contribution in [2.24, 2.45) is 0 Å². The molecule has 1 unspecified atom stereocenters. The quantitative estimate of drug-likeness (QED) is 0.618. The smallest absolute Gasteiger partial charge is 0.0176 e. The summed E-state index contributed by atoms with van der Waals surface area (Å²) in [4.78, 5) is 2.50. The van der Waals surface area contributed by atoms with Gasteiger partial charge in [0.1, 0.15) is 0 Å². The first-order valence-corrected chi connectivity index (χ1v) is 8.57. The van der Waals surface area contributed by atoms with E-state index in [1.165, 1.54) is 37.8 Å². The van der Waals surface area contributed by atoms with Gasteiger partial charge in [-0.05, 0) is 38.5 Å². The van der Waals surface area contributed by atoms with E-state index in [-0.39, 0.29) is 5.41 Å². The van der Waals surface area contributed by atoms with E-state index in [0.717, 1.165) is 19.6 Å². The van der Waals surface area contributed by atoms with Crippen molar-refractivity contribution in [1.82, 2.24) is 10.2 Å². The minimum atomic E-state index is 0.178. The lowest BCUT2D eigenvalue weighted by molar-refractivity contribution is 0.245. The van der Waals surface area contributed by atoms with Gasteiger partial charge in [-0.2, -0.15) is 0 Å². The van der Waals surface area contributed by atoms with Gasteiger partial charge in [-0.1, -0.05) is 63.9 Å². The lowest BCUT2D eigenvalue weighted by Gasteiger charge is -2.35. The molecule has 0 bridgehead atoms. The number of rotatable bonds is 11. The molecule has 1 rings (SSSR count). The fraction of sp³-hybridized carbons (Fsp3) is 0.684. The molecule has 0 saturated carbocycles. The molecular weight excluding hydrogens is 256 g/mol. The highest BCUT2D eigenvalue weighted by Crippen LogP contribution is 2.24. The number of benzene rings is 1. The Morgan fingerprint density at radius 1 is 1.05 bits per heavy atom. The van der Waals surface area contributed by atoms with Gasteiger partial charge < -0.3 is 10.2 Å². The summed E-state index contributed by atoms with van der Waals surface area (Å²) in [5.74, 6) is 0. The van der Waals surface area contributed by atoms with Gasteiger partial charge in [0.05, 0.1) is 0 Å². The van der Waals surface area contributed by atoms with Crippen molar-refractivity contribution >= 4 is 0 Å². The monoisotopic (exact) mass is 290 g/mol. The van der Waals surface area contributed by atoms with E-state index in [2.05, 4.69) is 68.4 Å². The normalized spacial score (nSPS) is 14.3. The second-order valence-corrected chi connectivity index (χ2v) is 6.55. The maximum Gasteiger partial charge on any atom is 0.0176 e. The summed E-state index contributed by atoms with van der Waals surface area (Å²) in [6.45, 7) is 11.3. The standard InChI is InChI=1S/C19H34N2/c1-5-7-11-15-21(4)17-19(3,16-20-14-6-2)18-12-9-8-10-13-18/h8-10,12-13,20H,5-7,11,14-17H2,1-4H3. The van der Waals surface area contributed by atoms with Gasteiger partial charge in [-0.3, -0.25) is 0 Å². The molecule has 0 saturated heterocycles. The first-order chi connectivity index (χ1) is 10.1. The zero-order valence-electron chi connectivity index (χ0n) is 14.5. The summed E-state index contributed by atoms with van der Waals surface area (Å²) in [5.41, 5.74) is 1.62. The van der Waals surface area contributed by atoms with Crippen LogP contribution in [0.2, 0.25) is 0 Å². The van der Waals surface area contributed by atoms with Crippen LogP contribution in [0.3, 0.4) is 0 Å². The van der Waals surface area contributed by atoms with E-state index in [1.807, 2.05) is 0 Å². The van der Waals surface area contributed by atoms with Crippen molar-refractivity contribution in [1.29, 1.82) is 0 Å². The average molecular weight is 290 g/mol. The molecular formula is C19H34N2. The van der Waals surface area contributed by atoms with Gasteiger partial charge in [-0.15, -0.1) is 0 Å². The minimum Gasteiger partial charge on any atom is -0.316 e. The molecule has 0 radical (unpaired) electrons. The van der Waals surface area contributed by atoms with Gasteiger partial charge >= 0.3 is 0 Å². The third-order valence-electron chi connectivity index (χ3n) is 4.17. The Hall–Kier alpha value is -0.860. The molecule has 2 heteroatoms. The molecule has 0 amide bonds. The number of unbranched alkanes of at least 4 members (excludes halogenated alkanes) is 2. The van der Waals surface area contributed by atoms with Crippen molar-refractivity contribution in [2.45, 2.75) is 51.9 Å². The molecule has 120 valence electrons. The highest BCUT2D eigenvalue weighted by molar-refractivity contribution is 5.25. The largest absolute Gasteiger partial charge is 0.316 e. The first-order valence-electron chi connectivity index (χ1n) is 8.57. The summed E-state index contributed by atoms with van der Waals surface area (Å²) in [5, 5.41) is 3.62. The van der Waals surface area contributed by atoms with Gasteiger partial charge in [0.15, 0.2) is 0 Å². The van der Waals surface area contributed by atoms with Crippen LogP contribution in [0, 0.1) is 0 Å².